The van der Waals surface area contributed by atoms with Gasteiger partial charge in [-0.25, -0.2) is 0 Å². The lowest BCUT2D eigenvalue weighted by Gasteiger charge is -1.94. The molecular formula is C3H5N2O2. The lowest BCUT2D eigenvalue weighted by molar-refractivity contribution is -0.176. The molecule has 1 fully saturated rings. The Labute approximate surface area is 40.7 Å². The highest BCUT2D eigenvalue weighted by Gasteiger charge is 2.17. The molecule has 0 aromatic carbocycles. The molecule has 0 spiro atoms. The van der Waals surface area contributed by atoms with Crippen LogP contribution in [0.25, 0.3) is 0 Å². The maximum atomic E-state index is 10.1. The number of hydroxylamine groups is 2. The maximum absolute atomic E-state index is 10.1. The predicted molar refractivity (Wildman–Crippen MR) is 20.4 cm³/mol. The number of nitrogens with one attached hydrogen (secondary N) is 1. The SMILES string of the molecule is [O]N1CNCC1=O. The topological polar surface area (TPSA) is 52.2 Å². The molecule has 0 aliphatic carbocycles. The molecule has 1 aliphatic rings. The van der Waals surface area contributed by atoms with E-state index < -0.39 is 0 Å². The fourth-order valence-electron chi connectivity index (χ4n) is 0.441. The van der Waals surface area contributed by atoms with E-state index in [1.54, 1.807) is 0 Å². The first kappa shape index (κ1) is 4.55. The summed E-state index contributed by atoms with van der Waals surface area (Å²) in [6, 6.07) is 0. The Kier molecular flexibility index (Phi) is 0.958. The standard InChI is InChI=1S/C3H5N2O2/c6-3-1-4-2-5(3)7/h4H,1-2H2. The van der Waals surface area contributed by atoms with Gasteiger partial charge in [0.25, 0.3) is 5.91 Å². The third kappa shape index (κ3) is 0.703. The van der Waals surface area contributed by atoms with Crippen LogP contribution < -0.4 is 5.32 Å². The van der Waals surface area contributed by atoms with Gasteiger partial charge in [0.15, 0.2) is 0 Å². The molecule has 1 rings (SSSR count). The average Bonchev–Trinajstić information content (AvgIpc) is 1.91. The molecular weight excluding hydrogens is 96.0 g/mol. The van der Waals surface area contributed by atoms with Gasteiger partial charge in [0.05, 0.1) is 6.54 Å². The monoisotopic (exact) mass is 101 g/mol. The Hall–Kier alpha value is -0.610. The van der Waals surface area contributed by atoms with Crippen molar-refractivity contribution in [3.8, 4) is 0 Å². The Morgan fingerprint density at radius 3 is 2.57 bits per heavy atom. The predicted octanol–water partition coefficient (Wildman–Crippen LogP) is -1.28. The molecule has 4 nitrogen and oxygen atoms in total. The van der Waals surface area contributed by atoms with Crippen molar-refractivity contribution < 1.29 is 10.0 Å². The quantitative estimate of drug-likeness (QED) is 0.413. The Bertz CT molecular complexity index is 92.9. The lowest BCUT2D eigenvalue weighted by Crippen LogP contribution is -2.19. The zero-order valence-electron chi connectivity index (χ0n) is 3.68. The van der Waals surface area contributed by atoms with Crippen LogP contribution in [0, 0.1) is 0 Å². The molecule has 1 aliphatic heterocycles. The molecule has 0 atom stereocenters. The first-order chi connectivity index (χ1) is 3.30. The Morgan fingerprint density at radius 2 is 2.43 bits per heavy atom. The summed E-state index contributed by atoms with van der Waals surface area (Å²) in [4.78, 5) is 10.1. The second kappa shape index (κ2) is 1.48. The third-order valence-corrected chi connectivity index (χ3v) is 0.810. The normalized spacial score (nSPS) is 21.3. The van der Waals surface area contributed by atoms with Crippen LogP contribution in [-0.2, 0) is 10.0 Å². The smallest absolute Gasteiger partial charge is 0.263 e. The molecule has 0 aromatic rings. The molecule has 39 valence electrons. The van der Waals surface area contributed by atoms with Crippen LogP contribution in [0.3, 0.4) is 0 Å². The minimum absolute atomic E-state index is 0.152. The number of rotatable bonds is 0. The summed E-state index contributed by atoms with van der Waals surface area (Å²) >= 11 is 0. The van der Waals surface area contributed by atoms with Gasteiger partial charge in [-0.1, -0.05) is 5.21 Å². The molecule has 0 saturated carbocycles. The number of amides is 1. The fourth-order valence-corrected chi connectivity index (χ4v) is 0.441. The van der Waals surface area contributed by atoms with E-state index in [2.05, 4.69) is 5.32 Å². The highest BCUT2D eigenvalue weighted by Crippen LogP contribution is 1.86. The highest BCUT2D eigenvalue weighted by atomic mass is 16.5. The van der Waals surface area contributed by atoms with Crippen LogP contribution in [-0.4, -0.2) is 24.2 Å². The van der Waals surface area contributed by atoms with Crippen molar-refractivity contribution in [3.63, 3.8) is 0 Å². The largest absolute Gasteiger partial charge is 0.289 e. The minimum Gasteiger partial charge on any atom is -0.289 e. The summed E-state index contributed by atoms with van der Waals surface area (Å²) in [6.45, 7) is 0.350. The van der Waals surface area contributed by atoms with Crippen molar-refractivity contribution in [1.82, 2.24) is 10.4 Å². The zero-order chi connectivity index (χ0) is 5.28. The first-order valence-corrected chi connectivity index (χ1v) is 1.99. The van der Waals surface area contributed by atoms with E-state index in [-0.39, 0.29) is 19.1 Å². The van der Waals surface area contributed by atoms with Gasteiger partial charge in [0.2, 0.25) is 0 Å². The second-order valence-electron chi connectivity index (χ2n) is 1.36. The Balaban J connectivity index is 2.48. The molecule has 1 saturated heterocycles. The van der Waals surface area contributed by atoms with Crippen molar-refractivity contribution in [3.05, 3.63) is 0 Å². The molecule has 1 heterocycles. The van der Waals surface area contributed by atoms with Gasteiger partial charge in [-0.05, 0) is 0 Å². The van der Waals surface area contributed by atoms with E-state index in [1.165, 1.54) is 0 Å². The van der Waals surface area contributed by atoms with Crippen LogP contribution in [0.15, 0.2) is 0 Å². The number of hydrogen-bond acceptors (Lipinski definition) is 2. The van der Waals surface area contributed by atoms with Crippen molar-refractivity contribution >= 4 is 5.91 Å². The molecule has 1 radical (unpaired) electrons. The van der Waals surface area contributed by atoms with Crippen LogP contribution >= 0.6 is 0 Å². The summed E-state index contributed by atoms with van der Waals surface area (Å²) < 4.78 is 0. The number of nitrogens with zero attached hydrogens (tertiary/aromatic N) is 1. The maximum Gasteiger partial charge on any atom is 0.263 e. The highest BCUT2D eigenvalue weighted by molar-refractivity contribution is 5.78. The third-order valence-electron chi connectivity index (χ3n) is 0.810. The number of carbonyl (C=O) groups excluding carboxylic acids is 1. The molecule has 1 N–H and O–H groups in total. The second-order valence-corrected chi connectivity index (χ2v) is 1.36. The van der Waals surface area contributed by atoms with Crippen LogP contribution in [0.1, 0.15) is 0 Å². The molecule has 7 heavy (non-hydrogen) atoms. The summed E-state index contributed by atoms with van der Waals surface area (Å²) in [7, 11) is 0. The summed E-state index contributed by atoms with van der Waals surface area (Å²) in [5, 5.41) is 13.1. The zero-order valence-corrected chi connectivity index (χ0v) is 3.68. The van der Waals surface area contributed by atoms with Crippen LogP contribution in [0.2, 0.25) is 0 Å². The summed E-state index contributed by atoms with van der Waals surface area (Å²) in [6.07, 6.45) is 0. The van der Waals surface area contributed by atoms with E-state index in [0.29, 0.717) is 5.06 Å². The van der Waals surface area contributed by atoms with Crippen LogP contribution in [0.5, 0.6) is 0 Å². The average molecular weight is 101 g/mol. The van der Waals surface area contributed by atoms with Crippen molar-refractivity contribution in [2.45, 2.75) is 0 Å². The lowest BCUT2D eigenvalue weighted by atomic mass is 10.7. The fraction of sp³-hybridized carbons (Fsp3) is 0.667. The van der Waals surface area contributed by atoms with Gasteiger partial charge in [-0.15, -0.1) is 0 Å². The van der Waals surface area contributed by atoms with Gasteiger partial charge in [0, 0.05) is 0 Å². The number of hydrogen-bond donors (Lipinski definition) is 1. The summed E-state index contributed by atoms with van der Waals surface area (Å²) in [5.41, 5.74) is 0. The van der Waals surface area contributed by atoms with Gasteiger partial charge < -0.3 is 0 Å². The molecule has 1 amide bonds. The molecule has 0 bridgehead atoms. The van der Waals surface area contributed by atoms with Crippen molar-refractivity contribution in [2.24, 2.45) is 0 Å². The van der Waals surface area contributed by atoms with Gasteiger partial charge >= 0.3 is 0 Å². The van der Waals surface area contributed by atoms with E-state index in [1.807, 2.05) is 0 Å². The summed E-state index contributed by atoms with van der Waals surface area (Å²) in [5.74, 6) is -0.375. The molecule has 4 heteroatoms. The van der Waals surface area contributed by atoms with E-state index in [9.17, 15) is 10.0 Å². The Morgan fingerprint density at radius 1 is 1.71 bits per heavy atom. The van der Waals surface area contributed by atoms with Crippen molar-refractivity contribution in [1.29, 1.82) is 0 Å². The number of carbonyl (C=O) groups is 1. The van der Waals surface area contributed by atoms with E-state index in [0.717, 1.165) is 0 Å². The first-order valence-electron chi connectivity index (χ1n) is 1.99. The molecule has 0 unspecified atom stereocenters. The van der Waals surface area contributed by atoms with E-state index >= 15 is 0 Å². The van der Waals surface area contributed by atoms with Gasteiger partial charge in [-0.3, -0.25) is 10.1 Å². The van der Waals surface area contributed by atoms with Gasteiger partial charge in [-0.2, -0.15) is 5.06 Å². The van der Waals surface area contributed by atoms with Crippen molar-refractivity contribution in [2.75, 3.05) is 13.2 Å². The van der Waals surface area contributed by atoms with E-state index in [4.69, 9.17) is 0 Å². The van der Waals surface area contributed by atoms with Crippen LogP contribution in [0.4, 0.5) is 0 Å². The minimum atomic E-state index is -0.375. The van der Waals surface area contributed by atoms with Gasteiger partial charge in [0.1, 0.15) is 6.67 Å². The molecule has 0 aromatic heterocycles.